The molecular formula is C25H44O8. The molecule has 2 rings (SSSR count). The van der Waals surface area contributed by atoms with Crippen molar-refractivity contribution in [3.63, 3.8) is 0 Å². The third kappa shape index (κ3) is 6.64. The highest BCUT2D eigenvalue weighted by Crippen LogP contribution is 2.37. The van der Waals surface area contributed by atoms with Gasteiger partial charge in [-0.2, -0.15) is 0 Å². The Morgan fingerprint density at radius 2 is 1.55 bits per heavy atom. The number of allylic oxidation sites excluding steroid dienone is 2. The summed E-state index contributed by atoms with van der Waals surface area (Å²) in [5.74, 6) is 0.173. The lowest BCUT2D eigenvalue weighted by Crippen LogP contribution is -2.60. The largest absolute Gasteiger partial charge is 0.390 e. The zero-order valence-electron chi connectivity index (χ0n) is 21.6. The Kier molecular flexibility index (Phi) is 11.4. The topological polar surface area (TPSA) is 88.1 Å². The Morgan fingerprint density at radius 1 is 0.909 bits per heavy atom. The predicted octanol–water partition coefficient (Wildman–Crippen LogP) is 2.73. The molecule has 8 nitrogen and oxygen atoms in total. The van der Waals surface area contributed by atoms with E-state index < -0.39 is 18.5 Å². The number of ether oxygens (including phenoxy) is 7. The zero-order chi connectivity index (χ0) is 24.7. The van der Waals surface area contributed by atoms with Crippen LogP contribution in [-0.2, 0) is 33.2 Å². The van der Waals surface area contributed by atoms with Crippen LogP contribution in [0.1, 0.15) is 34.1 Å². The molecule has 0 aromatic heterocycles. The molecule has 1 N–H and O–H groups in total. The van der Waals surface area contributed by atoms with E-state index in [4.69, 9.17) is 33.2 Å². The summed E-state index contributed by atoms with van der Waals surface area (Å²) in [7, 11) is 8.17. The number of hydrogen-bond acceptors (Lipinski definition) is 8. The van der Waals surface area contributed by atoms with Crippen molar-refractivity contribution in [2.24, 2.45) is 11.8 Å². The second kappa shape index (κ2) is 13.3. The molecule has 11 atom stereocenters. The summed E-state index contributed by atoms with van der Waals surface area (Å²) in [6.07, 6.45) is 4.20. The molecule has 0 spiro atoms. The maximum absolute atomic E-state index is 10.8. The molecule has 2 saturated heterocycles. The Labute approximate surface area is 199 Å². The van der Waals surface area contributed by atoms with E-state index in [-0.39, 0.29) is 48.5 Å². The van der Waals surface area contributed by atoms with Gasteiger partial charge in [0.2, 0.25) is 0 Å². The Balaban J connectivity index is 2.02. The standard InChI is InChI=1S/C25H44O8/c1-10-17(27-5)16(4)20-21(32-20)18(26)14(2)12-11-13-15(3)19-22(28-6)23(29-7)24(30-8)25(31-9)33-19/h11-14,16-26H,10H2,1-9H3/b12-11+,15-13+/t14-,16+,17-,18+,19+,20-,21-,22-,23-,24+,25-/m0/s1. The van der Waals surface area contributed by atoms with E-state index in [2.05, 4.69) is 13.8 Å². The first-order valence-electron chi connectivity index (χ1n) is 11.8. The second-order valence-electron chi connectivity index (χ2n) is 9.01. The molecule has 0 amide bonds. The molecule has 0 bridgehead atoms. The summed E-state index contributed by atoms with van der Waals surface area (Å²) >= 11 is 0. The van der Waals surface area contributed by atoms with Crippen LogP contribution in [0.2, 0.25) is 0 Å². The smallest absolute Gasteiger partial charge is 0.186 e. The van der Waals surface area contributed by atoms with Crippen molar-refractivity contribution in [1.29, 1.82) is 0 Å². The van der Waals surface area contributed by atoms with Gasteiger partial charge in [0.25, 0.3) is 0 Å². The fourth-order valence-corrected chi connectivity index (χ4v) is 4.83. The lowest BCUT2D eigenvalue weighted by molar-refractivity contribution is -0.295. The van der Waals surface area contributed by atoms with Gasteiger partial charge in [-0.1, -0.05) is 39.0 Å². The lowest BCUT2D eigenvalue weighted by Gasteiger charge is -2.44. The van der Waals surface area contributed by atoms with E-state index in [1.54, 1.807) is 35.5 Å². The van der Waals surface area contributed by atoms with Gasteiger partial charge in [0.05, 0.1) is 18.3 Å². The van der Waals surface area contributed by atoms with E-state index >= 15 is 0 Å². The van der Waals surface area contributed by atoms with Gasteiger partial charge in [-0.3, -0.25) is 0 Å². The average Bonchev–Trinajstić information content (AvgIpc) is 3.63. The van der Waals surface area contributed by atoms with Gasteiger partial charge in [0, 0.05) is 47.4 Å². The highest BCUT2D eigenvalue weighted by molar-refractivity contribution is 5.19. The first-order chi connectivity index (χ1) is 15.8. The molecule has 2 fully saturated rings. The van der Waals surface area contributed by atoms with Crippen LogP contribution in [0.3, 0.4) is 0 Å². The van der Waals surface area contributed by atoms with Crippen molar-refractivity contribution in [3.8, 4) is 0 Å². The van der Waals surface area contributed by atoms with Crippen molar-refractivity contribution >= 4 is 0 Å². The van der Waals surface area contributed by atoms with Gasteiger partial charge in [-0.15, -0.1) is 0 Å². The highest BCUT2D eigenvalue weighted by Gasteiger charge is 2.50. The van der Waals surface area contributed by atoms with Crippen LogP contribution in [0.15, 0.2) is 23.8 Å². The molecule has 192 valence electrons. The van der Waals surface area contributed by atoms with Crippen LogP contribution in [0, 0.1) is 11.8 Å². The zero-order valence-corrected chi connectivity index (χ0v) is 21.6. The molecule has 2 aliphatic rings. The van der Waals surface area contributed by atoms with E-state index in [1.807, 2.05) is 32.1 Å². The van der Waals surface area contributed by atoms with E-state index in [0.29, 0.717) is 0 Å². The van der Waals surface area contributed by atoms with Gasteiger partial charge in [-0.25, -0.2) is 0 Å². The molecule has 8 heteroatoms. The maximum atomic E-state index is 10.8. The number of methoxy groups -OCH3 is 5. The molecule has 0 aromatic rings. The van der Waals surface area contributed by atoms with Crippen LogP contribution < -0.4 is 0 Å². The highest BCUT2D eigenvalue weighted by atomic mass is 16.7. The predicted molar refractivity (Wildman–Crippen MR) is 125 cm³/mol. The number of epoxide rings is 1. The number of aliphatic hydroxyl groups is 1. The van der Waals surface area contributed by atoms with E-state index in [9.17, 15) is 5.11 Å². The summed E-state index contributed by atoms with van der Waals surface area (Å²) in [5, 5.41) is 10.8. The average molecular weight is 473 g/mol. The molecule has 0 aromatic carbocycles. The van der Waals surface area contributed by atoms with Crippen LogP contribution in [0.4, 0.5) is 0 Å². The van der Waals surface area contributed by atoms with Crippen LogP contribution >= 0.6 is 0 Å². The summed E-state index contributed by atoms with van der Waals surface area (Å²) in [5.41, 5.74) is 0.957. The van der Waals surface area contributed by atoms with Crippen molar-refractivity contribution < 1.29 is 38.3 Å². The van der Waals surface area contributed by atoms with Gasteiger partial charge in [0.15, 0.2) is 6.29 Å². The fourth-order valence-electron chi connectivity index (χ4n) is 4.83. The monoisotopic (exact) mass is 472 g/mol. The minimum Gasteiger partial charge on any atom is -0.390 e. The molecule has 2 aliphatic heterocycles. The Morgan fingerprint density at radius 3 is 2.06 bits per heavy atom. The molecule has 0 radical (unpaired) electrons. The normalized spacial score (nSPS) is 36.5. The number of hydrogen-bond donors (Lipinski definition) is 1. The van der Waals surface area contributed by atoms with Crippen LogP contribution in [0.5, 0.6) is 0 Å². The Hall–Kier alpha value is -0.840. The second-order valence-corrected chi connectivity index (χ2v) is 9.01. The quantitative estimate of drug-likeness (QED) is 0.323. The van der Waals surface area contributed by atoms with E-state index in [0.717, 1.165) is 12.0 Å². The van der Waals surface area contributed by atoms with Crippen molar-refractivity contribution in [1.82, 2.24) is 0 Å². The van der Waals surface area contributed by atoms with Crippen molar-refractivity contribution in [2.45, 2.75) is 89.2 Å². The first-order valence-corrected chi connectivity index (χ1v) is 11.8. The summed E-state index contributed by atoms with van der Waals surface area (Å²) in [6, 6.07) is 0. The molecular weight excluding hydrogens is 428 g/mol. The van der Waals surface area contributed by atoms with Gasteiger partial charge >= 0.3 is 0 Å². The molecule has 2 heterocycles. The summed E-state index contributed by atoms with van der Waals surface area (Å²) < 4.78 is 39.9. The molecule has 0 aliphatic carbocycles. The Bertz CT molecular complexity index is 634. The fraction of sp³-hybridized carbons (Fsp3) is 0.840. The number of aliphatic hydroxyl groups excluding tert-OH is 1. The van der Waals surface area contributed by atoms with E-state index in [1.165, 1.54) is 0 Å². The van der Waals surface area contributed by atoms with Gasteiger partial charge in [0.1, 0.15) is 30.5 Å². The van der Waals surface area contributed by atoms with Gasteiger partial charge < -0.3 is 38.3 Å². The van der Waals surface area contributed by atoms with Crippen LogP contribution in [0.25, 0.3) is 0 Å². The third-order valence-corrected chi connectivity index (χ3v) is 7.01. The van der Waals surface area contributed by atoms with Crippen LogP contribution in [-0.4, -0.2) is 95.8 Å². The SMILES string of the molecule is CC[C@H](OC)[C@@H](C)[C@@H]1O[C@H]1[C@H](O)[C@@H](C)/C=C/C=C(\C)[C@H]1O[C@H](OC)[C@H](OC)[C@@H](OC)[C@H]1OC. The molecule has 0 saturated carbocycles. The van der Waals surface area contributed by atoms with Crippen molar-refractivity contribution in [2.75, 3.05) is 35.5 Å². The molecule has 0 unspecified atom stereocenters. The third-order valence-electron chi connectivity index (χ3n) is 7.01. The van der Waals surface area contributed by atoms with Gasteiger partial charge in [-0.05, 0) is 18.9 Å². The van der Waals surface area contributed by atoms with Crippen molar-refractivity contribution in [3.05, 3.63) is 23.8 Å². The first kappa shape index (κ1) is 28.4. The minimum atomic E-state index is -0.576. The molecule has 33 heavy (non-hydrogen) atoms. The summed E-state index contributed by atoms with van der Waals surface area (Å²) in [4.78, 5) is 0. The minimum absolute atomic E-state index is 0.0295. The lowest BCUT2D eigenvalue weighted by atomic mass is 9.91. The maximum Gasteiger partial charge on any atom is 0.186 e. The summed E-state index contributed by atoms with van der Waals surface area (Å²) in [6.45, 7) is 8.18. The number of rotatable bonds is 13.